The second-order valence-electron chi connectivity index (χ2n) is 9.47. The molecule has 2 aromatic heterocycles. The van der Waals surface area contributed by atoms with Crippen LogP contribution >= 0.6 is 0 Å². The van der Waals surface area contributed by atoms with E-state index in [0.717, 1.165) is 42.7 Å². The Bertz CT molecular complexity index is 1130. The Morgan fingerprint density at radius 3 is 2.62 bits per heavy atom. The number of H-pyrrole nitrogens is 1. The Hall–Kier alpha value is -2.73. The van der Waals surface area contributed by atoms with Crippen LogP contribution in [-0.4, -0.2) is 59.4 Å². The standard InChI is InChI=1S/C26H33FN4O/c1-16(2)24-21-14-19(18-9-12-31(13-10-18)15-23(32)30(4)5)6-7-22(21)29-26(24)20-8-11-28-17(3)25(20)27/h6-8,11,14,16,18,29H,9-10,12-13,15H2,1-5H3. The second kappa shape index (κ2) is 9.02. The number of aryl methyl sites for hydroxylation is 1. The summed E-state index contributed by atoms with van der Waals surface area (Å²) in [5, 5.41) is 1.17. The van der Waals surface area contributed by atoms with Gasteiger partial charge in [0.05, 0.1) is 17.9 Å². The molecule has 5 nitrogen and oxygen atoms in total. The van der Waals surface area contributed by atoms with E-state index in [-0.39, 0.29) is 17.6 Å². The summed E-state index contributed by atoms with van der Waals surface area (Å²) in [7, 11) is 3.61. The van der Waals surface area contributed by atoms with Crippen molar-refractivity contribution in [2.45, 2.75) is 45.4 Å². The van der Waals surface area contributed by atoms with Crippen molar-refractivity contribution in [3.63, 3.8) is 0 Å². The van der Waals surface area contributed by atoms with Crippen molar-refractivity contribution in [2.24, 2.45) is 0 Å². The Morgan fingerprint density at radius 1 is 1.25 bits per heavy atom. The van der Waals surface area contributed by atoms with E-state index < -0.39 is 0 Å². The maximum absolute atomic E-state index is 14.9. The minimum absolute atomic E-state index is 0.157. The number of rotatable bonds is 5. The second-order valence-corrected chi connectivity index (χ2v) is 9.47. The number of halogens is 1. The van der Waals surface area contributed by atoms with Crippen molar-refractivity contribution in [3.05, 3.63) is 53.1 Å². The lowest BCUT2D eigenvalue weighted by molar-refractivity contribution is -0.130. The zero-order valence-corrected chi connectivity index (χ0v) is 19.7. The Kier molecular flexibility index (Phi) is 6.33. The van der Waals surface area contributed by atoms with Gasteiger partial charge in [-0.1, -0.05) is 19.9 Å². The fourth-order valence-electron chi connectivity index (χ4n) is 4.79. The molecule has 3 aromatic rings. The first-order chi connectivity index (χ1) is 15.3. The van der Waals surface area contributed by atoms with Gasteiger partial charge in [0, 0.05) is 36.8 Å². The van der Waals surface area contributed by atoms with Gasteiger partial charge in [0.2, 0.25) is 5.91 Å². The molecule has 0 saturated carbocycles. The van der Waals surface area contributed by atoms with Gasteiger partial charge >= 0.3 is 0 Å². The lowest BCUT2D eigenvalue weighted by Gasteiger charge is -2.32. The molecule has 0 aliphatic carbocycles. The molecule has 1 saturated heterocycles. The molecule has 6 heteroatoms. The molecule has 1 aliphatic heterocycles. The van der Waals surface area contributed by atoms with Crippen molar-refractivity contribution in [2.75, 3.05) is 33.7 Å². The molecule has 1 aromatic carbocycles. The number of likely N-dealkylation sites (N-methyl/N-ethyl adjacent to an activating group) is 1. The number of aromatic nitrogens is 2. The van der Waals surface area contributed by atoms with E-state index in [1.165, 1.54) is 10.9 Å². The quantitative estimate of drug-likeness (QED) is 0.608. The molecule has 0 radical (unpaired) electrons. The zero-order valence-electron chi connectivity index (χ0n) is 19.7. The van der Waals surface area contributed by atoms with Crippen LogP contribution in [0.2, 0.25) is 0 Å². The summed E-state index contributed by atoms with van der Waals surface area (Å²) in [4.78, 5) is 23.5. The highest BCUT2D eigenvalue weighted by Gasteiger charge is 2.24. The molecule has 1 amide bonds. The molecule has 0 unspecified atom stereocenters. The summed E-state index contributed by atoms with van der Waals surface area (Å²) >= 11 is 0. The highest BCUT2D eigenvalue weighted by molar-refractivity contribution is 5.92. The van der Waals surface area contributed by atoms with Crippen molar-refractivity contribution in [1.29, 1.82) is 0 Å². The summed E-state index contributed by atoms with van der Waals surface area (Å²) in [5.41, 5.74) is 5.37. The van der Waals surface area contributed by atoms with Crippen LogP contribution in [0.15, 0.2) is 30.5 Å². The van der Waals surface area contributed by atoms with Crippen molar-refractivity contribution < 1.29 is 9.18 Å². The number of carbonyl (C=O) groups excluding carboxylic acids is 1. The van der Waals surface area contributed by atoms with Crippen LogP contribution < -0.4 is 0 Å². The summed E-state index contributed by atoms with van der Waals surface area (Å²) in [5.74, 6) is 0.620. The van der Waals surface area contributed by atoms with E-state index in [1.807, 2.05) is 0 Å². The molecule has 0 spiro atoms. The van der Waals surface area contributed by atoms with Gasteiger partial charge < -0.3 is 9.88 Å². The van der Waals surface area contributed by atoms with Gasteiger partial charge in [-0.15, -0.1) is 0 Å². The maximum Gasteiger partial charge on any atom is 0.236 e. The number of fused-ring (bicyclic) bond motifs is 1. The Labute approximate surface area is 189 Å². The van der Waals surface area contributed by atoms with E-state index in [4.69, 9.17) is 0 Å². The lowest BCUT2D eigenvalue weighted by atomic mass is 9.87. The summed E-state index contributed by atoms with van der Waals surface area (Å²) in [6.07, 6.45) is 3.75. The van der Waals surface area contributed by atoms with E-state index in [0.29, 0.717) is 23.7 Å². The van der Waals surface area contributed by atoms with E-state index in [9.17, 15) is 9.18 Å². The predicted octanol–water partition coefficient (Wildman–Crippen LogP) is 5.07. The molecular weight excluding hydrogens is 403 g/mol. The number of hydrogen-bond acceptors (Lipinski definition) is 3. The third kappa shape index (κ3) is 4.29. The molecule has 0 atom stereocenters. The minimum Gasteiger partial charge on any atom is -0.354 e. The lowest BCUT2D eigenvalue weighted by Crippen LogP contribution is -2.40. The average Bonchev–Trinajstić information content (AvgIpc) is 3.14. The molecule has 170 valence electrons. The molecular formula is C26H33FN4O. The van der Waals surface area contributed by atoms with Crippen LogP contribution in [0.5, 0.6) is 0 Å². The SMILES string of the molecule is Cc1nccc(-c2[nH]c3ccc(C4CCN(CC(=O)N(C)C)CC4)cc3c2C(C)C)c1F. The predicted molar refractivity (Wildman–Crippen MR) is 127 cm³/mol. The van der Waals surface area contributed by atoms with E-state index in [1.54, 1.807) is 38.2 Å². The summed E-state index contributed by atoms with van der Waals surface area (Å²) in [6, 6.07) is 8.38. The van der Waals surface area contributed by atoms with E-state index in [2.05, 4.69) is 46.9 Å². The van der Waals surface area contributed by atoms with Crippen LogP contribution in [0.25, 0.3) is 22.2 Å². The smallest absolute Gasteiger partial charge is 0.236 e. The van der Waals surface area contributed by atoms with Crippen molar-refractivity contribution in [3.8, 4) is 11.3 Å². The number of hydrogen-bond donors (Lipinski definition) is 1. The molecule has 0 bridgehead atoms. The third-order valence-corrected chi connectivity index (χ3v) is 6.69. The summed E-state index contributed by atoms with van der Waals surface area (Å²) < 4.78 is 14.9. The Morgan fingerprint density at radius 2 is 1.97 bits per heavy atom. The van der Waals surface area contributed by atoms with Gasteiger partial charge in [-0.05, 0) is 74.0 Å². The van der Waals surface area contributed by atoms with Crippen LogP contribution in [0, 0.1) is 12.7 Å². The average molecular weight is 437 g/mol. The van der Waals surface area contributed by atoms with Crippen molar-refractivity contribution in [1.82, 2.24) is 19.8 Å². The number of carbonyl (C=O) groups is 1. The number of likely N-dealkylation sites (tertiary alicyclic amines) is 1. The highest BCUT2D eigenvalue weighted by atomic mass is 19.1. The largest absolute Gasteiger partial charge is 0.354 e. The third-order valence-electron chi connectivity index (χ3n) is 6.69. The fraction of sp³-hybridized carbons (Fsp3) is 0.462. The first-order valence-electron chi connectivity index (χ1n) is 11.5. The molecule has 32 heavy (non-hydrogen) atoms. The maximum atomic E-state index is 14.9. The number of nitrogens with zero attached hydrogens (tertiary/aromatic N) is 3. The number of pyridine rings is 1. The first kappa shape index (κ1) is 22.5. The van der Waals surface area contributed by atoms with Gasteiger partial charge in [-0.25, -0.2) is 4.39 Å². The summed E-state index contributed by atoms with van der Waals surface area (Å²) in [6.45, 7) is 8.37. The van der Waals surface area contributed by atoms with Crippen LogP contribution in [-0.2, 0) is 4.79 Å². The number of benzene rings is 1. The minimum atomic E-state index is -0.263. The molecule has 1 N–H and O–H groups in total. The van der Waals surface area contributed by atoms with Crippen LogP contribution in [0.3, 0.4) is 0 Å². The number of piperidine rings is 1. The fourth-order valence-corrected chi connectivity index (χ4v) is 4.79. The van der Waals surface area contributed by atoms with Gasteiger partial charge in [-0.3, -0.25) is 14.7 Å². The number of nitrogens with one attached hydrogen (secondary N) is 1. The monoisotopic (exact) mass is 436 g/mol. The first-order valence-corrected chi connectivity index (χ1v) is 11.5. The van der Waals surface area contributed by atoms with Gasteiger partial charge in [0.25, 0.3) is 0 Å². The molecule has 3 heterocycles. The van der Waals surface area contributed by atoms with Gasteiger partial charge in [-0.2, -0.15) is 0 Å². The zero-order chi connectivity index (χ0) is 23.0. The molecule has 1 fully saturated rings. The van der Waals surface area contributed by atoms with Crippen LogP contribution in [0.4, 0.5) is 4.39 Å². The van der Waals surface area contributed by atoms with Gasteiger partial charge in [0.1, 0.15) is 0 Å². The van der Waals surface area contributed by atoms with Crippen LogP contribution in [0.1, 0.15) is 55.3 Å². The normalized spacial score (nSPS) is 15.6. The molecule has 1 aliphatic rings. The topological polar surface area (TPSA) is 52.2 Å². The number of aromatic amines is 1. The Balaban J connectivity index is 1.63. The molecule has 4 rings (SSSR count). The highest BCUT2D eigenvalue weighted by Crippen LogP contribution is 2.39. The van der Waals surface area contributed by atoms with E-state index >= 15 is 0 Å². The number of amides is 1. The van der Waals surface area contributed by atoms with Gasteiger partial charge in [0.15, 0.2) is 5.82 Å². The van der Waals surface area contributed by atoms with Crippen molar-refractivity contribution >= 4 is 16.8 Å².